The normalized spacial score (nSPS) is 19.0. The fourth-order valence-electron chi connectivity index (χ4n) is 2.79. The SMILES string of the molecule is CCCCOC(=O)C1(CC(C)C)CCCC1. The Labute approximate surface area is 99.8 Å². The summed E-state index contributed by atoms with van der Waals surface area (Å²) in [5, 5.41) is 0. The van der Waals surface area contributed by atoms with E-state index in [1.54, 1.807) is 0 Å². The van der Waals surface area contributed by atoms with Crippen LogP contribution in [0.15, 0.2) is 0 Å². The highest BCUT2D eigenvalue weighted by molar-refractivity contribution is 5.77. The molecule has 1 fully saturated rings. The van der Waals surface area contributed by atoms with Crippen LogP contribution in [0.5, 0.6) is 0 Å². The summed E-state index contributed by atoms with van der Waals surface area (Å²) in [4.78, 5) is 12.2. The minimum Gasteiger partial charge on any atom is -0.465 e. The average molecular weight is 226 g/mol. The van der Waals surface area contributed by atoms with E-state index in [-0.39, 0.29) is 11.4 Å². The Hall–Kier alpha value is -0.530. The van der Waals surface area contributed by atoms with Crippen LogP contribution in [-0.2, 0) is 9.53 Å². The summed E-state index contributed by atoms with van der Waals surface area (Å²) in [7, 11) is 0. The summed E-state index contributed by atoms with van der Waals surface area (Å²) in [6.45, 7) is 7.11. The van der Waals surface area contributed by atoms with Gasteiger partial charge in [0.15, 0.2) is 0 Å². The van der Waals surface area contributed by atoms with Gasteiger partial charge in [-0.15, -0.1) is 0 Å². The van der Waals surface area contributed by atoms with Crippen molar-refractivity contribution in [2.24, 2.45) is 11.3 Å². The highest BCUT2D eigenvalue weighted by atomic mass is 16.5. The van der Waals surface area contributed by atoms with Crippen molar-refractivity contribution in [1.29, 1.82) is 0 Å². The third-order valence-electron chi connectivity index (χ3n) is 3.52. The first-order valence-electron chi connectivity index (χ1n) is 6.78. The molecular weight excluding hydrogens is 200 g/mol. The molecule has 0 spiro atoms. The van der Waals surface area contributed by atoms with Crippen LogP contribution in [0.2, 0.25) is 0 Å². The molecule has 0 aromatic carbocycles. The lowest BCUT2D eigenvalue weighted by Crippen LogP contribution is -2.32. The lowest BCUT2D eigenvalue weighted by molar-refractivity contribution is -0.157. The smallest absolute Gasteiger partial charge is 0.312 e. The van der Waals surface area contributed by atoms with Gasteiger partial charge < -0.3 is 4.74 Å². The van der Waals surface area contributed by atoms with Gasteiger partial charge in [-0.3, -0.25) is 4.79 Å². The molecular formula is C14H26O2. The summed E-state index contributed by atoms with van der Waals surface area (Å²) in [6.07, 6.45) is 7.53. The molecule has 0 heterocycles. The first kappa shape index (κ1) is 13.5. The zero-order valence-corrected chi connectivity index (χ0v) is 11.1. The number of carbonyl (C=O) groups is 1. The second-order valence-electron chi connectivity index (χ2n) is 5.57. The quantitative estimate of drug-likeness (QED) is 0.506. The van der Waals surface area contributed by atoms with Gasteiger partial charge in [0, 0.05) is 0 Å². The predicted octanol–water partition coefficient (Wildman–Crippen LogP) is 3.94. The van der Waals surface area contributed by atoms with Crippen molar-refractivity contribution in [3.8, 4) is 0 Å². The molecule has 0 aromatic heterocycles. The van der Waals surface area contributed by atoms with Gasteiger partial charge in [0.25, 0.3) is 0 Å². The molecule has 16 heavy (non-hydrogen) atoms. The van der Waals surface area contributed by atoms with Crippen LogP contribution in [0.4, 0.5) is 0 Å². The maximum atomic E-state index is 12.2. The Morgan fingerprint density at radius 1 is 1.31 bits per heavy atom. The second-order valence-corrected chi connectivity index (χ2v) is 5.57. The molecule has 0 aromatic rings. The monoisotopic (exact) mass is 226 g/mol. The number of esters is 1. The van der Waals surface area contributed by atoms with E-state index < -0.39 is 0 Å². The van der Waals surface area contributed by atoms with Crippen molar-refractivity contribution in [1.82, 2.24) is 0 Å². The van der Waals surface area contributed by atoms with E-state index in [0.717, 1.165) is 32.1 Å². The van der Waals surface area contributed by atoms with Crippen LogP contribution in [0.3, 0.4) is 0 Å². The molecule has 2 heteroatoms. The zero-order valence-electron chi connectivity index (χ0n) is 11.1. The zero-order chi connectivity index (χ0) is 12.0. The lowest BCUT2D eigenvalue weighted by atomic mass is 9.78. The Balaban J connectivity index is 2.51. The molecule has 0 N–H and O–H groups in total. The first-order valence-corrected chi connectivity index (χ1v) is 6.78. The highest BCUT2D eigenvalue weighted by Crippen LogP contribution is 2.44. The van der Waals surface area contributed by atoms with Crippen LogP contribution < -0.4 is 0 Å². The highest BCUT2D eigenvalue weighted by Gasteiger charge is 2.42. The fraction of sp³-hybridized carbons (Fsp3) is 0.929. The Bertz CT molecular complexity index is 215. The molecule has 0 bridgehead atoms. The van der Waals surface area contributed by atoms with Gasteiger partial charge in [-0.05, 0) is 31.6 Å². The molecule has 1 rings (SSSR count). The maximum Gasteiger partial charge on any atom is 0.312 e. The van der Waals surface area contributed by atoms with Crippen molar-refractivity contribution in [3.05, 3.63) is 0 Å². The second kappa shape index (κ2) is 6.27. The first-order chi connectivity index (χ1) is 7.60. The van der Waals surface area contributed by atoms with E-state index in [1.165, 1.54) is 12.8 Å². The summed E-state index contributed by atoms with van der Waals surface area (Å²) in [5.74, 6) is 0.656. The van der Waals surface area contributed by atoms with Gasteiger partial charge in [-0.1, -0.05) is 40.0 Å². The minimum absolute atomic E-state index is 0.0761. The van der Waals surface area contributed by atoms with Crippen molar-refractivity contribution < 1.29 is 9.53 Å². The van der Waals surface area contributed by atoms with E-state index in [0.29, 0.717) is 12.5 Å². The van der Waals surface area contributed by atoms with Gasteiger partial charge in [0.2, 0.25) is 0 Å². The summed E-state index contributed by atoms with van der Waals surface area (Å²) >= 11 is 0. The van der Waals surface area contributed by atoms with Gasteiger partial charge in [0.05, 0.1) is 12.0 Å². The van der Waals surface area contributed by atoms with Crippen molar-refractivity contribution in [3.63, 3.8) is 0 Å². The molecule has 94 valence electrons. The van der Waals surface area contributed by atoms with Crippen LogP contribution in [0.25, 0.3) is 0 Å². The molecule has 0 radical (unpaired) electrons. The van der Waals surface area contributed by atoms with Gasteiger partial charge in [-0.25, -0.2) is 0 Å². The number of hydrogen-bond acceptors (Lipinski definition) is 2. The lowest BCUT2D eigenvalue weighted by Gasteiger charge is -2.28. The minimum atomic E-state index is -0.137. The Morgan fingerprint density at radius 3 is 2.44 bits per heavy atom. The van der Waals surface area contributed by atoms with Crippen LogP contribution >= 0.6 is 0 Å². The van der Waals surface area contributed by atoms with E-state index in [4.69, 9.17) is 4.74 Å². The summed E-state index contributed by atoms with van der Waals surface area (Å²) in [6, 6.07) is 0. The topological polar surface area (TPSA) is 26.3 Å². The molecule has 2 nitrogen and oxygen atoms in total. The van der Waals surface area contributed by atoms with Gasteiger partial charge in [-0.2, -0.15) is 0 Å². The molecule has 0 aliphatic heterocycles. The largest absolute Gasteiger partial charge is 0.465 e. The Morgan fingerprint density at radius 2 is 1.94 bits per heavy atom. The van der Waals surface area contributed by atoms with Crippen LogP contribution in [0.1, 0.15) is 65.7 Å². The van der Waals surface area contributed by atoms with E-state index in [1.807, 2.05) is 0 Å². The van der Waals surface area contributed by atoms with Gasteiger partial charge in [0.1, 0.15) is 0 Å². The molecule has 1 saturated carbocycles. The number of carbonyl (C=O) groups excluding carboxylic acids is 1. The van der Waals surface area contributed by atoms with Crippen LogP contribution in [0, 0.1) is 11.3 Å². The third kappa shape index (κ3) is 3.50. The maximum absolute atomic E-state index is 12.2. The molecule has 0 saturated heterocycles. The summed E-state index contributed by atoms with van der Waals surface area (Å²) in [5.41, 5.74) is -0.137. The third-order valence-corrected chi connectivity index (χ3v) is 3.52. The van der Waals surface area contributed by atoms with E-state index in [2.05, 4.69) is 20.8 Å². The molecule has 0 amide bonds. The predicted molar refractivity (Wildman–Crippen MR) is 66.2 cm³/mol. The Kier molecular flexibility index (Phi) is 5.30. The van der Waals surface area contributed by atoms with E-state index >= 15 is 0 Å². The van der Waals surface area contributed by atoms with E-state index in [9.17, 15) is 4.79 Å². The van der Waals surface area contributed by atoms with Gasteiger partial charge >= 0.3 is 5.97 Å². The fourth-order valence-corrected chi connectivity index (χ4v) is 2.79. The molecule has 1 aliphatic carbocycles. The van der Waals surface area contributed by atoms with Crippen molar-refractivity contribution >= 4 is 5.97 Å². The van der Waals surface area contributed by atoms with Crippen molar-refractivity contribution in [2.75, 3.05) is 6.61 Å². The number of rotatable bonds is 6. The average Bonchev–Trinajstić information content (AvgIpc) is 2.67. The number of hydrogen-bond donors (Lipinski definition) is 0. The molecule has 0 unspecified atom stereocenters. The number of ether oxygens (including phenoxy) is 1. The number of unbranched alkanes of at least 4 members (excludes halogenated alkanes) is 1. The van der Waals surface area contributed by atoms with Crippen LogP contribution in [-0.4, -0.2) is 12.6 Å². The summed E-state index contributed by atoms with van der Waals surface area (Å²) < 4.78 is 5.43. The molecule has 1 aliphatic rings. The standard InChI is InChI=1S/C14H26O2/c1-4-5-10-16-13(15)14(11-12(2)3)8-6-7-9-14/h12H,4-11H2,1-3H3. The molecule has 0 atom stereocenters. The van der Waals surface area contributed by atoms with Crippen molar-refractivity contribution in [2.45, 2.75) is 65.7 Å².